The molecule has 2 rings (SSSR count). The predicted octanol–water partition coefficient (Wildman–Crippen LogP) is 1.96. The second-order valence-electron chi connectivity index (χ2n) is 4.58. The second-order valence-corrected chi connectivity index (χ2v) is 4.58. The Morgan fingerprint density at radius 2 is 2.12 bits per heavy atom. The fourth-order valence-electron chi connectivity index (χ4n) is 1.99. The molecule has 1 aromatic heterocycles. The summed E-state index contributed by atoms with van der Waals surface area (Å²) in [7, 11) is 0. The summed E-state index contributed by atoms with van der Waals surface area (Å²) in [5.41, 5.74) is 1.02. The van der Waals surface area contributed by atoms with E-state index in [1.54, 1.807) is 0 Å². The van der Waals surface area contributed by atoms with Crippen LogP contribution in [0.1, 0.15) is 38.8 Å². The van der Waals surface area contributed by atoms with E-state index >= 15 is 0 Å². The van der Waals surface area contributed by atoms with E-state index in [0.717, 1.165) is 37.6 Å². The molecular formula is C13H22N4. The number of nitrogens with one attached hydrogen (secondary N) is 1. The molecule has 0 unspecified atom stereocenters. The van der Waals surface area contributed by atoms with Crippen LogP contribution in [0.4, 0.5) is 5.82 Å². The normalized spacial score (nSPS) is 14.9. The minimum Gasteiger partial charge on any atom is -0.352 e. The van der Waals surface area contributed by atoms with Crippen molar-refractivity contribution in [2.24, 2.45) is 0 Å². The van der Waals surface area contributed by atoms with Crippen molar-refractivity contribution in [2.45, 2.75) is 45.7 Å². The van der Waals surface area contributed by atoms with Crippen molar-refractivity contribution in [3.63, 3.8) is 0 Å². The van der Waals surface area contributed by atoms with Crippen LogP contribution in [0, 0.1) is 0 Å². The van der Waals surface area contributed by atoms with Gasteiger partial charge in [-0.1, -0.05) is 6.92 Å². The molecule has 1 N–H and O–H groups in total. The molecule has 0 bridgehead atoms. The lowest BCUT2D eigenvalue weighted by molar-refractivity contribution is 0.655. The highest BCUT2D eigenvalue weighted by atomic mass is 15.3. The molecule has 0 amide bonds. The number of anilines is 1. The summed E-state index contributed by atoms with van der Waals surface area (Å²) in [5.74, 6) is 1.02. The molecule has 0 radical (unpaired) electrons. The standard InChI is InChI=1S/C13H22N4/c1-3-9-14-10-11-5-8-13(16-15-11)17(4-2)12-6-7-12/h5,8,12,14H,3-4,6-7,9-10H2,1-2H3. The summed E-state index contributed by atoms with van der Waals surface area (Å²) in [5, 5.41) is 11.9. The lowest BCUT2D eigenvalue weighted by Gasteiger charge is -2.20. The van der Waals surface area contributed by atoms with Crippen molar-refractivity contribution in [1.82, 2.24) is 15.5 Å². The van der Waals surface area contributed by atoms with Gasteiger partial charge in [-0.15, -0.1) is 5.10 Å². The monoisotopic (exact) mass is 234 g/mol. The summed E-state index contributed by atoms with van der Waals surface area (Å²) in [4.78, 5) is 2.34. The maximum atomic E-state index is 4.33. The Labute approximate surface area is 103 Å². The van der Waals surface area contributed by atoms with Crippen LogP contribution in [0.15, 0.2) is 12.1 Å². The van der Waals surface area contributed by atoms with Gasteiger partial charge in [0, 0.05) is 19.1 Å². The quantitative estimate of drug-likeness (QED) is 0.732. The van der Waals surface area contributed by atoms with Crippen LogP contribution < -0.4 is 10.2 Å². The lowest BCUT2D eigenvalue weighted by atomic mass is 10.3. The van der Waals surface area contributed by atoms with Gasteiger partial charge in [0.1, 0.15) is 0 Å². The molecule has 0 saturated heterocycles. The van der Waals surface area contributed by atoms with E-state index < -0.39 is 0 Å². The third-order valence-corrected chi connectivity index (χ3v) is 3.06. The molecule has 1 aliphatic carbocycles. The smallest absolute Gasteiger partial charge is 0.151 e. The Kier molecular flexibility index (Phi) is 4.31. The molecule has 4 nitrogen and oxygen atoms in total. The van der Waals surface area contributed by atoms with Crippen LogP contribution in [-0.4, -0.2) is 29.3 Å². The van der Waals surface area contributed by atoms with Gasteiger partial charge in [0.25, 0.3) is 0 Å². The highest BCUT2D eigenvalue weighted by Crippen LogP contribution is 2.29. The van der Waals surface area contributed by atoms with Crippen LogP contribution in [0.3, 0.4) is 0 Å². The average Bonchev–Trinajstić information content (AvgIpc) is 3.17. The number of rotatable bonds is 7. The lowest BCUT2D eigenvalue weighted by Crippen LogP contribution is -2.26. The van der Waals surface area contributed by atoms with Gasteiger partial charge in [-0.2, -0.15) is 5.10 Å². The molecule has 1 aromatic rings. The van der Waals surface area contributed by atoms with Crippen molar-refractivity contribution < 1.29 is 0 Å². The molecule has 0 atom stereocenters. The van der Waals surface area contributed by atoms with Gasteiger partial charge in [-0.05, 0) is 44.9 Å². The third kappa shape index (κ3) is 3.40. The van der Waals surface area contributed by atoms with Gasteiger partial charge in [0.15, 0.2) is 5.82 Å². The van der Waals surface area contributed by atoms with Crippen LogP contribution in [-0.2, 0) is 6.54 Å². The molecule has 1 saturated carbocycles. The van der Waals surface area contributed by atoms with Gasteiger partial charge >= 0.3 is 0 Å². The molecule has 1 heterocycles. The van der Waals surface area contributed by atoms with Crippen molar-refractivity contribution in [2.75, 3.05) is 18.0 Å². The van der Waals surface area contributed by atoms with Crippen molar-refractivity contribution >= 4 is 5.82 Å². The molecule has 0 aliphatic heterocycles. The molecule has 4 heteroatoms. The van der Waals surface area contributed by atoms with E-state index in [1.165, 1.54) is 12.8 Å². The first-order chi connectivity index (χ1) is 8.35. The Morgan fingerprint density at radius 3 is 2.65 bits per heavy atom. The average molecular weight is 234 g/mol. The zero-order valence-electron chi connectivity index (χ0n) is 10.8. The van der Waals surface area contributed by atoms with E-state index in [4.69, 9.17) is 0 Å². The van der Waals surface area contributed by atoms with Crippen molar-refractivity contribution in [1.29, 1.82) is 0 Å². The number of aromatic nitrogens is 2. The van der Waals surface area contributed by atoms with Crippen LogP contribution in [0.2, 0.25) is 0 Å². The number of nitrogens with zero attached hydrogens (tertiary/aromatic N) is 3. The van der Waals surface area contributed by atoms with Gasteiger partial charge < -0.3 is 10.2 Å². The molecule has 0 aromatic carbocycles. The maximum absolute atomic E-state index is 4.33. The highest BCUT2D eigenvalue weighted by Gasteiger charge is 2.28. The zero-order valence-corrected chi connectivity index (χ0v) is 10.8. The topological polar surface area (TPSA) is 41.0 Å². The molecule has 17 heavy (non-hydrogen) atoms. The number of hydrogen-bond acceptors (Lipinski definition) is 4. The van der Waals surface area contributed by atoms with E-state index in [2.05, 4.69) is 46.4 Å². The third-order valence-electron chi connectivity index (χ3n) is 3.06. The summed E-state index contributed by atoms with van der Waals surface area (Å²) >= 11 is 0. The molecule has 0 spiro atoms. The van der Waals surface area contributed by atoms with Crippen LogP contribution >= 0.6 is 0 Å². The molecule has 1 fully saturated rings. The van der Waals surface area contributed by atoms with Crippen molar-refractivity contribution in [3.8, 4) is 0 Å². The van der Waals surface area contributed by atoms with Crippen LogP contribution in [0.5, 0.6) is 0 Å². The maximum Gasteiger partial charge on any atom is 0.151 e. The minimum atomic E-state index is 0.707. The Balaban J connectivity index is 1.92. The summed E-state index contributed by atoms with van der Waals surface area (Å²) in [6.45, 7) is 7.21. The van der Waals surface area contributed by atoms with E-state index in [9.17, 15) is 0 Å². The Hall–Kier alpha value is -1.16. The minimum absolute atomic E-state index is 0.707. The fourth-order valence-corrected chi connectivity index (χ4v) is 1.99. The van der Waals surface area contributed by atoms with Gasteiger partial charge in [-0.25, -0.2) is 0 Å². The predicted molar refractivity (Wildman–Crippen MR) is 70.1 cm³/mol. The SMILES string of the molecule is CCCNCc1ccc(N(CC)C2CC2)nn1. The van der Waals surface area contributed by atoms with Gasteiger partial charge in [0.2, 0.25) is 0 Å². The van der Waals surface area contributed by atoms with Crippen molar-refractivity contribution in [3.05, 3.63) is 17.8 Å². The van der Waals surface area contributed by atoms with Gasteiger partial charge in [-0.3, -0.25) is 0 Å². The fraction of sp³-hybridized carbons (Fsp3) is 0.692. The molecular weight excluding hydrogens is 212 g/mol. The van der Waals surface area contributed by atoms with E-state index in [1.807, 2.05) is 0 Å². The first kappa shape index (κ1) is 12.3. The summed E-state index contributed by atoms with van der Waals surface area (Å²) < 4.78 is 0. The first-order valence-electron chi connectivity index (χ1n) is 6.65. The van der Waals surface area contributed by atoms with Gasteiger partial charge in [0.05, 0.1) is 5.69 Å². The molecule has 94 valence electrons. The first-order valence-corrected chi connectivity index (χ1v) is 6.65. The Morgan fingerprint density at radius 1 is 1.29 bits per heavy atom. The Bertz CT molecular complexity index is 332. The number of hydrogen-bond donors (Lipinski definition) is 1. The summed E-state index contributed by atoms with van der Waals surface area (Å²) in [6.07, 6.45) is 3.75. The van der Waals surface area contributed by atoms with E-state index in [0.29, 0.717) is 6.04 Å². The largest absolute Gasteiger partial charge is 0.352 e. The van der Waals surface area contributed by atoms with Crippen LogP contribution in [0.25, 0.3) is 0 Å². The summed E-state index contributed by atoms with van der Waals surface area (Å²) in [6, 6.07) is 4.88. The second kappa shape index (κ2) is 5.96. The highest BCUT2D eigenvalue weighted by molar-refractivity contribution is 5.40. The zero-order chi connectivity index (χ0) is 12.1. The molecule has 1 aliphatic rings. The van der Waals surface area contributed by atoms with E-state index in [-0.39, 0.29) is 0 Å².